The molecule has 1 unspecified atom stereocenters. The highest BCUT2D eigenvalue weighted by atomic mass is 32.2. The lowest BCUT2D eigenvalue weighted by molar-refractivity contribution is 0.209. The van der Waals surface area contributed by atoms with E-state index >= 15 is 0 Å². The molecule has 0 amide bonds. The van der Waals surface area contributed by atoms with Crippen LogP contribution in [-0.4, -0.2) is 28.9 Å². The van der Waals surface area contributed by atoms with E-state index in [1.807, 2.05) is 31.4 Å². The Kier molecular flexibility index (Phi) is 6.56. The fourth-order valence-electron chi connectivity index (χ4n) is 3.52. The summed E-state index contributed by atoms with van der Waals surface area (Å²) in [7, 11) is 0. The van der Waals surface area contributed by atoms with Crippen molar-refractivity contribution in [1.29, 1.82) is 0 Å². The van der Waals surface area contributed by atoms with Crippen LogP contribution in [0.3, 0.4) is 0 Å². The van der Waals surface area contributed by atoms with E-state index in [-0.39, 0.29) is 17.7 Å². The van der Waals surface area contributed by atoms with E-state index in [2.05, 4.69) is 20.6 Å². The number of aromatic nitrogens is 2. The normalized spacial score (nSPS) is 16.1. The quantitative estimate of drug-likeness (QED) is 0.508. The maximum absolute atomic E-state index is 14.5. The van der Waals surface area contributed by atoms with Gasteiger partial charge in [0, 0.05) is 29.6 Å². The van der Waals surface area contributed by atoms with Crippen molar-refractivity contribution < 1.29 is 13.5 Å². The van der Waals surface area contributed by atoms with Gasteiger partial charge in [-0.15, -0.1) is 0 Å². The minimum Gasteiger partial charge on any atom is -0.491 e. The number of fused-ring (bicyclic) bond motifs is 7. The van der Waals surface area contributed by atoms with Gasteiger partial charge in [0.2, 0.25) is 5.95 Å². The third-order valence-electron chi connectivity index (χ3n) is 4.96. The molecule has 0 fully saturated rings. The molecule has 4 rings (SSSR count). The minimum absolute atomic E-state index is 0.00283. The number of hydrogen-bond acceptors (Lipinski definition) is 6. The summed E-state index contributed by atoms with van der Waals surface area (Å²) < 4.78 is 34.9. The van der Waals surface area contributed by atoms with Crippen molar-refractivity contribution >= 4 is 29.1 Å². The zero-order chi connectivity index (χ0) is 21.8. The molecular weight excluding hydrogens is 418 g/mol. The zero-order valence-corrected chi connectivity index (χ0v) is 18.2. The molecule has 162 valence electrons. The topological polar surface area (TPSA) is 59.1 Å². The molecule has 0 radical (unpaired) electrons. The smallest absolute Gasteiger partial charge is 0.227 e. The van der Waals surface area contributed by atoms with Crippen LogP contribution in [0.25, 0.3) is 11.3 Å². The highest BCUT2D eigenvalue weighted by Crippen LogP contribution is 2.29. The third kappa shape index (κ3) is 5.25. The van der Waals surface area contributed by atoms with E-state index in [9.17, 15) is 8.78 Å². The van der Waals surface area contributed by atoms with E-state index in [1.54, 1.807) is 17.8 Å². The van der Waals surface area contributed by atoms with Crippen molar-refractivity contribution in [3.8, 4) is 17.0 Å². The van der Waals surface area contributed by atoms with Crippen LogP contribution >= 0.6 is 11.8 Å². The van der Waals surface area contributed by atoms with Gasteiger partial charge in [-0.3, -0.25) is 0 Å². The van der Waals surface area contributed by atoms with Crippen LogP contribution in [0, 0.1) is 11.6 Å². The Bertz CT molecular complexity index is 1080. The Morgan fingerprint density at radius 3 is 2.87 bits per heavy atom. The summed E-state index contributed by atoms with van der Waals surface area (Å²) in [6.07, 6.45) is 4.76. The molecule has 31 heavy (non-hydrogen) atoms. The second-order valence-electron chi connectivity index (χ2n) is 7.51. The molecule has 0 spiro atoms. The van der Waals surface area contributed by atoms with Crippen molar-refractivity contribution in [2.45, 2.75) is 31.6 Å². The van der Waals surface area contributed by atoms with Gasteiger partial charge < -0.3 is 15.4 Å². The second-order valence-corrected chi connectivity index (χ2v) is 8.37. The number of nitrogens with one attached hydrogen (secondary N) is 2. The monoisotopic (exact) mass is 442 g/mol. The summed E-state index contributed by atoms with van der Waals surface area (Å²) >= 11 is 1.72. The predicted octanol–water partition coefficient (Wildman–Crippen LogP) is 6.00. The average molecular weight is 443 g/mol. The molecule has 3 aromatic rings. The molecule has 1 aliphatic rings. The molecule has 0 aliphatic carbocycles. The summed E-state index contributed by atoms with van der Waals surface area (Å²) in [5, 5.41) is 6.26. The number of ether oxygens (including phenoxy) is 1. The molecule has 1 atom stereocenters. The van der Waals surface area contributed by atoms with Gasteiger partial charge in [-0.1, -0.05) is 0 Å². The van der Waals surface area contributed by atoms with E-state index in [0.29, 0.717) is 17.8 Å². The number of hydrogen-bond donors (Lipinski definition) is 2. The van der Waals surface area contributed by atoms with Gasteiger partial charge in [0.1, 0.15) is 17.3 Å². The average Bonchev–Trinajstić information content (AvgIpc) is 2.73. The predicted molar refractivity (Wildman–Crippen MR) is 122 cm³/mol. The fourth-order valence-corrected chi connectivity index (χ4v) is 4.02. The molecule has 5 nitrogen and oxygen atoms in total. The standard InChI is InChI=1S/C23H24F2N4OS/c1-14-4-3-7-26-21-10-16(5-6-19(21)24)22-20(25)12-27-23(29-22)28-17-8-15(13-31-2)9-18(11-17)30-14/h5-6,8-12,14,26H,3-4,7,13H2,1-2H3,(H,27,28,29). The lowest BCUT2D eigenvalue weighted by atomic mass is 10.1. The molecular formula is C23H24F2N4OS. The Labute approximate surface area is 184 Å². The van der Waals surface area contributed by atoms with E-state index in [4.69, 9.17) is 4.74 Å². The van der Waals surface area contributed by atoms with Crippen LogP contribution in [0.1, 0.15) is 25.3 Å². The van der Waals surface area contributed by atoms with Crippen molar-refractivity contribution in [3.63, 3.8) is 0 Å². The van der Waals surface area contributed by atoms with E-state index < -0.39 is 11.6 Å². The molecule has 2 N–H and O–H groups in total. The number of benzene rings is 2. The number of nitrogens with zero attached hydrogens (tertiary/aromatic N) is 2. The molecule has 0 saturated heterocycles. The van der Waals surface area contributed by atoms with E-state index in [0.717, 1.165) is 41.8 Å². The van der Waals surface area contributed by atoms with Gasteiger partial charge in [-0.05, 0) is 61.9 Å². The molecule has 2 aromatic carbocycles. The Morgan fingerprint density at radius 1 is 1.16 bits per heavy atom. The van der Waals surface area contributed by atoms with Crippen molar-refractivity contribution in [2.75, 3.05) is 23.4 Å². The van der Waals surface area contributed by atoms with Crippen LogP contribution in [-0.2, 0) is 5.75 Å². The highest BCUT2D eigenvalue weighted by Gasteiger charge is 2.14. The Morgan fingerprint density at radius 2 is 2.03 bits per heavy atom. The minimum atomic E-state index is -0.571. The number of thioether (sulfide) groups is 1. The lowest BCUT2D eigenvalue weighted by Gasteiger charge is -2.18. The lowest BCUT2D eigenvalue weighted by Crippen LogP contribution is -2.14. The first kappa shape index (κ1) is 21.4. The van der Waals surface area contributed by atoms with Gasteiger partial charge in [0.15, 0.2) is 5.82 Å². The van der Waals surface area contributed by atoms with Crippen LogP contribution in [0.5, 0.6) is 5.75 Å². The van der Waals surface area contributed by atoms with Crippen LogP contribution in [0.15, 0.2) is 42.6 Å². The summed E-state index contributed by atoms with van der Waals surface area (Å²) in [4.78, 5) is 8.44. The van der Waals surface area contributed by atoms with Crippen LogP contribution in [0.2, 0.25) is 0 Å². The van der Waals surface area contributed by atoms with Gasteiger partial charge in [0.25, 0.3) is 0 Å². The van der Waals surface area contributed by atoms with Crippen molar-refractivity contribution in [1.82, 2.24) is 9.97 Å². The molecule has 6 bridgehead atoms. The second kappa shape index (κ2) is 9.51. The largest absolute Gasteiger partial charge is 0.491 e. The SMILES string of the molecule is CSCc1cc2cc(c1)OC(C)CCCNc1cc(ccc1F)-c1nc(ncc1F)N2. The van der Waals surface area contributed by atoms with Crippen LogP contribution < -0.4 is 15.4 Å². The molecule has 8 heteroatoms. The summed E-state index contributed by atoms with van der Waals surface area (Å²) in [5.74, 6) is 0.872. The molecule has 1 aliphatic heterocycles. The van der Waals surface area contributed by atoms with Gasteiger partial charge in [-0.2, -0.15) is 11.8 Å². The zero-order valence-electron chi connectivity index (χ0n) is 17.4. The van der Waals surface area contributed by atoms with Crippen LogP contribution in [0.4, 0.5) is 26.1 Å². The maximum atomic E-state index is 14.5. The molecule has 1 aromatic heterocycles. The number of halogens is 2. The number of anilines is 3. The van der Waals surface area contributed by atoms with Crippen molar-refractivity contribution in [3.05, 3.63) is 59.8 Å². The van der Waals surface area contributed by atoms with E-state index in [1.165, 1.54) is 12.1 Å². The molecule has 0 saturated carbocycles. The van der Waals surface area contributed by atoms with Gasteiger partial charge >= 0.3 is 0 Å². The molecule has 2 heterocycles. The Hall–Kier alpha value is -2.87. The summed E-state index contributed by atoms with van der Waals surface area (Å²) in [5.41, 5.74) is 2.77. The number of rotatable bonds is 2. The highest BCUT2D eigenvalue weighted by molar-refractivity contribution is 7.97. The van der Waals surface area contributed by atoms with Gasteiger partial charge in [-0.25, -0.2) is 18.7 Å². The summed E-state index contributed by atoms with van der Waals surface area (Å²) in [6.45, 7) is 2.60. The third-order valence-corrected chi connectivity index (χ3v) is 5.58. The summed E-state index contributed by atoms with van der Waals surface area (Å²) in [6, 6.07) is 10.3. The first-order valence-electron chi connectivity index (χ1n) is 10.1. The van der Waals surface area contributed by atoms with Crippen molar-refractivity contribution in [2.24, 2.45) is 0 Å². The maximum Gasteiger partial charge on any atom is 0.227 e. The van der Waals surface area contributed by atoms with Gasteiger partial charge in [0.05, 0.1) is 18.0 Å². The first-order chi connectivity index (χ1) is 15.0. The fraction of sp³-hybridized carbons (Fsp3) is 0.304. The first-order valence-corrected chi connectivity index (χ1v) is 11.5. The Balaban J connectivity index is 1.77.